The lowest BCUT2D eigenvalue weighted by Crippen LogP contribution is -2.69. The Morgan fingerprint density at radius 3 is 2.38 bits per heavy atom. The lowest BCUT2D eigenvalue weighted by atomic mass is 9.83. The number of carbonyl (C=O) groups excluding carboxylic acids is 1. The highest BCUT2D eigenvalue weighted by Crippen LogP contribution is 2.43. The highest BCUT2D eigenvalue weighted by atomic mass is 35.5. The van der Waals surface area contributed by atoms with Gasteiger partial charge in [0.05, 0.1) is 35.3 Å². The van der Waals surface area contributed by atoms with Crippen LogP contribution in [0.5, 0.6) is 0 Å². The van der Waals surface area contributed by atoms with E-state index in [1.807, 2.05) is 4.90 Å². The van der Waals surface area contributed by atoms with Gasteiger partial charge in [-0.1, -0.05) is 35.3 Å². The van der Waals surface area contributed by atoms with Gasteiger partial charge in [-0.15, -0.1) is 5.10 Å². The predicted octanol–water partition coefficient (Wildman–Crippen LogP) is 3.27. The lowest BCUT2D eigenvalue weighted by molar-refractivity contribution is -0.204. The zero-order chi connectivity index (χ0) is 30.4. The largest absolute Gasteiger partial charge is 0.416 e. The molecule has 2 aliphatic rings. The number of amidine groups is 1. The van der Waals surface area contributed by atoms with E-state index in [0.29, 0.717) is 39.7 Å². The molecule has 0 unspecified atom stereocenters. The second-order valence-corrected chi connectivity index (χ2v) is 13.2. The van der Waals surface area contributed by atoms with Crippen LogP contribution in [-0.4, -0.2) is 88.5 Å². The molecule has 1 aromatic heterocycles. The summed E-state index contributed by atoms with van der Waals surface area (Å²) in [6.45, 7) is -0.740. The van der Waals surface area contributed by atoms with Gasteiger partial charge in [0.15, 0.2) is 21.8 Å². The number of aromatic nitrogens is 3. The van der Waals surface area contributed by atoms with Crippen LogP contribution in [0.2, 0.25) is 10.0 Å². The van der Waals surface area contributed by atoms with E-state index in [0.717, 1.165) is 0 Å². The molecule has 1 spiro atoms. The summed E-state index contributed by atoms with van der Waals surface area (Å²) in [5.74, 6) is -0.00290. The first-order chi connectivity index (χ1) is 19.7. The molecule has 3 aromatic rings. The Morgan fingerprint density at radius 1 is 1.14 bits per heavy atom. The molecular weight excluding hydrogens is 622 g/mol. The molecule has 224 valence electrons. The number of aliphatic hydroxyl groups is 1. The number of alkyl halides is 3. The minimum Gasteiger partial charge on any atom is -0.382 e. The van der Waals surface area contributed by atoms with Crippen molar-refractivity contribution < 1.29 is 31.5 Å². The molecule has 0 radical (unpaired) electrons. The van der Waals surface area contributed by atoms with Gasteiger partial charge in [-0.3, -0.25) is 10.3 Å². The van der Waals surface area contributed by atoms with Crippen molar-refractivity contribution in [2.75, 3.05) is 36.0 Å². The van der Waals surface area contributed by atoms with Crippen molar-refractivity contribution in [1.29, 1.82) is 5.41 Å². The molecule has 0 saturated carbocycles. The van der Waals surface area contributed by atoms with Crippen LogP contribution >= 0.6 is 23.2 Å². The molecule has 0 aliphatic carbocycles. The summed E-state index contributed by atoms with van der Waals surface area (Å²) < 4.78 is 64.4. The number of sulfone groups is 1. The summed E-state index contributed by atoms with van der Waals surface area (Å²) in [7, 11) is -3.05. The third kappa shape index (κ3) is 6.19. The van der Waals surface area contributed by atoms with Gasteiger partial charge in [0.1, 0.15) is 5.84 Å². The molecule has 11 nitrogen and oxygen atoms in total. The Kier molecular flexibility index (Phi) is 7.89. The molecule has 1 atom stereocenters. The van der Waals surface area contributed by atoms with Crippen LogP contribution in [0.1, 0.15) is 11.4 Å². The van der Waals surface area contributed by atoms with E-state index in [4.69, 9.17) is 28.6 Å². The summed E-state index contributed by atoms with van der Waals surface area (Å²) in [6.07, 6.45) is -7.94. The van der Waals surface area contributed by atoms with Crippen molar-refractivity contribution in [3.63, 3.8) is 0 Å². The summed E-state index contributed by atoms with van der Waals surface area (Å²) >= 11 is 12.2. The van der Waals surface area contributed by atoms with Crippen LogP contribution in [0.15, 0.2) is 48.5 Å². The molecule has 3 heterocycles. The maximum absolute atomic E-state index is 13.2. The number of para-hydroxylation sites is 1. The van der Waals surface area contributed by atoms with E-state index >= 15 is 0 Å². The fraction of sp³-hybridized carbons (Fsp3) is 0.360. The zero-order valence-corrected chi connectivity index (χ0v) is 24.0. The van der Waals surface area contributed by atoms with E-state index in [1.54, 1.807) is 24.3 Å². The van der Waals surface area contributed by atoms with Crippen LogP contribution in [0, 0.1) is 10.8 Å². The molecule has 0 bridgehead atoms. The number of urea groups is 1. The number of nitrogens with one attached hydrogen (secondary N) is 2. The smallest absolute Gasteiger partial charge is 0.382 e. The molecule has 3 N–H and O–H groups in total. The number of aliphatic hydroxyl groups excluding tert-OH is 1. The van der Waals surface area contributed by atoms with Crippen molar-refractivity contribution >= 4 is 50.9 Å². The Labute approximate surface area is 248 Å². The standard InChI is InChI=1S/C25H24Cl2F3N7O4S/c26-16-7-5-15(6-8-16)21(31)36(10-19(38)25(28,29)30)23(39)32-9-20-33-22(35-11-24(12-35)13-42(40,41)14-24)37(34-20)18-4-2-1-3-17(18)27/h1-8,19,31,38H,9-14H2,(H,32,39)/t19-/m0/s1. The van der Waals surface area contributed by atoms with Gasteiger partial charge in [-0.2, -0.15) is 22.8 Å². The third-order valence-electron chi connectivity index (χ3n) is 6.87. The van der Waals surface area contributed by atoms with Gasteiger partial charge < -0.3 is 15.3 Å². The number of nitrogens with zero attached hydrogens (tertiary/aromatic N) is 5. The molecule has 2 aliphatic heterocycles. The van der Waals surface area contributed by atoms with Gasteiger partial charge in [0.2, 0.25) is 5.95 Å². The van der Waals surface area contributed by atoms with Gasteiger partial charge in [0, 0.05) is 29.1 Å². The lowest BCUT2D eigenvalue weighted by Gasteiger charge is -2.54. The number of carbonyl (C=O) groups is 1. The van der Waals surface area contributed by atoms with Gasteiger partial charge in [-0.05, 0) is 36.4 Å². The summed E-state index contributed by atoms with van der Waals surface area (Å²) in [5.41, 5.74) is 0.213. The van der Waals surface area contributed by atoms with E-state index in [1.165, 1.54) is 28.9 Å². The summed E-state index contributed by atoms with van der Waals surface area (Å²) in [6, 6.07) is 11.2. The van der Waals surface area contributed by atoms with Crippen molar-refractivity contribution in [3.8, 4) is 5.69 Å². The fourth-order valence-electron chi connectivity index (χ4n) is 4.95. The number of hydrogen-bond acceptors (Lipinski definition) is 8. The number of rotatable bonds is 7. The molecule has 2 fully saturated rings. The fourth-order valence-corrected chi connectivity index (χ4v) is 7.44. The van der Waals surface area contributed by atoms with Crippen molar-refractivity contribution in [2.24, 2.45) is 5.41 Å². The van der Waals surface area contributed by atoms with Crippen LogP contribution < -0.4 is 10.2 Å². The molecule has 2 amide bonds. The molecule has 42 heavy (non-hydrogen) atoms. The first kappa shape index (κ1) is 30.1. The van der Waals surface area contributed by atoms with E-state index in [2.05, 4.69) is 15.4 Å². The SMILES string of the molecule is N=C(c1ccc(Cl)cc1)N(C[C@H](O)C(F)(F)F)C(=O)NCc1nc(N2CC3(C2)CS(=O)(=O)C3)n(-c2ccccc2Cl)n1. The normalized spacial score (nSPS) is 17.7. The number of amides is 2. The van der Waals surface area contributed by atoms with E-state index < -0.39 is 40.5 Å². The van der Waals surface area contributed by atoms with Gasteiger partial charge in [0.25, 0.3) is 0 Å². The number of halogens is 5. The Bertz CT molecular complexity index is 1610. The zero-order valence-electron chi connectivity index (χ0n) is 21.6. The van der Waals surface area contributed by atoms with Gasteiger partial charge >= 0.3 is 12.2 Å². The Balaban J connectivity index is 1.37. The Morgan fingerprint density at radius 2 is 1.79 bits per heavy atom. The predicted molar refractivity (Wildman–Crippen MR) is 149 cm³/mol. The van der Waals surface area contributed by atoms with Crippen LogP contribution in [0.4, 0.5) is 23.9 Å². The topological polar surface area (TPSA) is 145 Å². The van der Waals surface area contributed by atoms with Gasteiger partial charge in [-0.25, -0.2) is 13.2 Å². The number of benzene rings is 2. The van der Waals surface area contributed by atoms with Crippen molar-refractivity contribution in [1.82, 2.24) is 25.0 Å². The Hall–Kier alpha value is -3.40. The average molecular weight is 646 g/mol. The first-order valence-corrected chi connectivity index (χ1v) is 15.0. The molecule has 2 aromatic carbocycles. The number of hydrogen-bond donors (Lipinski definition) is 3. The van der Waals surface area contributed by atoms with Crippen LogP contribution in [0.3, 0.4) is 0 Å². The summed E-state index contributed by atoms with van der Waals surface area (Å²) in [4.78, 5) is 19.9. The average Bonchev–Trinajstić information content (AvgIpc) is 3.30. The quantitative estimate of drug-likeness (QED) is 0.264. The highest BCUT2D eigenvalue weighted by Gasteiger charge is 2.57. The van der Waals surface area contributed by atoms with Crippen LogP contribution in [0.25, 0.3) is 5.69 Å². The minimum absolute atomic E-state index is 0.0785. The van der Waals surface area contributed by atoms with E-state index in [9.17, 15) is 31.5 Å². The molecule has 2 saturated heterocycles. The molecule has 5 rings (SSSR count). The molecular formula is C25H24Cl2F3N7O4S. The number of anilines is 1. The third-order valence-corrected chi connectivity index (χ3v) is 9.54. The van der Waals surface area contributed by atoms with Crippen molar-refractivity contribution in [2.45, 2.75) is 18.8 Å². The summed E-state index contributed by atoms with van der Waals surface area (Å²) in [5, 5.41) is 25.6. The monoisotopic (exact) mass is 645 g/mol. The maximum Gasteiger partial charge on any atom is 0.416 e. The first-order valence-electron chi connectivity index (χ1n) is 12.5. The van der Waals surface area contributed by atoms with Crippen molar-refractivity contribution in [3.05, 3.63) is 70.0 Å². The highest BCUT2D eigenvalue weighted by molar-refractivity contribution is 7.92. The molecule has 17 heteroatoms. The second kappa shape index (κ2) is 11.0. The van der Waals surface area contributed by atoms with Crippen LogP contribution in [-0.2, 0) is 16.4 Å². The maximum atomic E-state index is 13.2. The second-order valence-electron chi connectivity index (χ2n) is 10.3. The van der Waals surface area contributed by atoms with E-state index in [-0.39, 0.29) is 34.9 Å². The minimum atomic E-state index is -5.03.